The number of anilines is 1. The Morgan fingerprint density at radius 1 is 1.23 bits per heavy atom. The fourth-order valence-corrected chi connectivity index (χ4v) is 4.62. The lowest BCUT2D eigenvalue weighted by Gasteiger charge is -2.29. The second kappa shape index (κ2) is 8.87. The lowest BCUT2D eigenvalue weighted by atomic mass is 10.0. The molecule has 4 rings (SSSR count). The number of hydrogen-bond acceptors (Lipinski definition) is 5. The van der Waals surface area contributed by atoms with E-state index in [4.69, 9.17) is 9.52 Å². The van der Waals surface area contributed by atoms with E-state index in [0.717, 1.165) is 18.6 Å². The van der Waals surface area contributed by atoms with Gasteiger partial charge in [-0.2, -0.15) is 0 Å². The highest BCUT2D eigenvalue weighted by atomic mass is 32.2. The van der Waals surface area contributed by atoms with Crippen LogP contribution < -0.4 is 15.1 Å². The SMILES string of the molecule is CCCCCCSc1n[n+]2c(c(=O)[nH]1)-c1ccccc1N(C(C)=O)C2c1ccco1. The fourth-order valence-electron chi connectivity index (χ4n) is 3.77. The number of nitrogens with zero attached hydrogens (tertiary/aromatic N) is 3. The summed E-state index contributed by atoms with van der Waals surface area (Å²) < 4.78 is 7.28. The van der Waals surface area contributed by atoms with Gasteiger partial charge in [-0.15, -0.1) is 0 Å². The van der Waals surface area contributed by atoms with E-state index in [2.05, 4.69) is 11.9 Å². The summed E-state index contributed by atoms with van der Waals surface area (Å²) in [4.78, 5) is 30.3. The molecular formula is C22H25N4O3S+. The van der Waals surface area contributed by atoms with E-state index in [1.54, 1.807) is 28.0 Å². The van der Waals surface area contributed by atoms with E-state index >= 15 is 0 Å². The number of benzene rings is 1. The van der Waals surface area contributed by atoms with Crippen LogP contribution in [-0.4, -0.2) is 21.7 Å². The largest absolute Gasteiger partial charge is 0.460 e. The third kappa shape index (κ3) is 3.79. The molecule has 156 valence electrons. The van der Waals surface area contributed by atoms with Gasteiger partial charge < -0.3 is 4.42 Å². The predicted molar refractivity (Wildman–Crippen MR) is 115 cm³/mol. The van der Waals surface area contributed by atoms with Crippen LogP contribution in [0.25, 0.3) is 11.3 Å². The van der Waals surface area contributed by atoms with Crippen molar-refractivity contribution in [2.24, 2.45) is 0 Å². The third-order valence-electron chi connectivity index (χ3n) is 5.13. The highest BCUT2D eigenvalue weighted by Crippen LogP contribution is 2.37. The molecule has 1 aliphatic rings. The molecule has 0 aliphatic carbocycles. The topological polar surface area (TPSA) is 83.1 Å². The van der Waals surface area contributed by atoms with E-state index in [1.807, 2.05) is 24.3 Å². The number of nitrogens with one attached hydrogen (secondary N) is 1. The van der Waals surface area contributed by atoms with E-state index in [1.165, 1.54) is 31.5 Å². The molecule has 0 saturated carbocycles. The number of unbranched alkanes of at least 4 members (excludes halogenated alkanes) is 3. The number of aromatic nitrogens is 3. The van der Waals surface area contributed by atoms with Crippen molar-refractivity contribution in [1.29, 1.82) is 0 Å². The first-order valence-corrected chi connectivity index (χ1v) is 11.2. The van der Waals surface area contributed by atoms with Gasteiger partial charge in [0.1, 0.15) is 0 Å². The number of para-hydroxylation sites is 1. The van der Waals surface area contributed by atoms with E-state index in [9.17, 15) is 9.59 Å². The Morgan fingerprint density at radius 3 is 2.80 bits per heavy atom. The van der Waals surface area contributed by atoms with E-state index in [-0.39, 0.29) is 11.5 Å². The number of carbonyl (C=O) groups excluding carboxylic acids is 1. The Balaban J connectivity index is 1.81. The maximum Gasteiger partial charge on any atom is 0.325 e. The molecule has 3 heterocycles. The average Bonchev–Trinajstić information content (AvgIpc) is 3.26. The van der Waals surface area contributed by atoms with E-state index < -0.39 is 6.17 Å². The molecule has 0 spiro atoms. The van der Waals surface area contributed by atoms with Crippen molar-refractivity contribution in [2.45, 2.75) is 50.9 Å². The molecule has 1 amide bonds. The molecule has 8 heteroatoms. The summed E-state index contributed by atoms with van der Waals surface area (Å²) in [5, 5.41) is 5.27. The minimum absolute atomic E-state index is 0.155. The Bertz CT molecular complexity index is 1090. The lowest BCUT2D eigenvalue weighted by molar-refractivity contribution is -0.764. The monoisotopic (exact) mass is 425 g/mol. The number of aromatic amines is 1. The number of hydrogen-bond donors (Lipinski definition) is 1. The smallest absolute Gasteiger partial charge is 0.325 e. The van der Waals surface area contributed by atoms with Crippen LogP contribution in [0.2, 0.25) is 0 Å². The van der Waals surface area contributed by atoms with E-state index in [0.29, 0.717) is 27.9 Å². The Morgan fingerprint density at radius 2 is 2.07 bits per heavy atom. The Hall–Kier alpha value is -2.87. The number of thioether (sulfide) groups is 1. The molecule has 0 fully saturated rings. The van der Waals surface area contributed by atoms with Crippen LogP contribution in [-0.2, 0) is 4.79 Å². The van der Waals surface area contributed by atoms with Crippen molar-refractivity contribution in [1.82, 2.24) is 10.1 Å². The first-order valence-electron chi connectivity index (χ1n) is 10.2. The average molecular weight is 426 g/mol. The minimum Gasteiger partial charge on any atom is -0.460 e. The maximum absolute atomic E-state index is 13.1. The van der Waals surface area contributed by atoms with Gasteiger partial charge in [0, 0.05) is 17.8 Å². The summed E-state index contributed by atoms with van der Waals surface area (Å²) in [6.07, 6.45) is 5.50. The molecule has 1 aromatic carbocycles. The number of amides is 1. The first-order chi connectivity index (χ1) is 14.6. The Kier molecular flexibility index (Phi) is 6.03. The van der Waals surface area contributed by atoms with Crippen molar-refractivity contribution in [3.05, 3.63) is 58.8 Å². The number of furan rings is 1. The van der Waals surface area contributed by atoms with Gasteiger partial charge in [-0.25, -0.2) is 4.90 Å². The van der Waals surface area contributed by atoms with Crippen LogP contribution in [0.15, 0.2) is 57.0 Å². The molecule has 0 radical (unpaired) electrons. The van der Waals surface area contributed by atoms with Crippen molar-refractivity contribution >= 4 is 23.4 Å². The summed E-state index contributed by atoms with van der Waals surface area (Å²) in [5.74, 6) is 1.27. The van der Waals surface area contributed by atoms with Gasteiger partial charge in [0.15, 0.2) is 5.76 Å². The molecule has 0 saturated heterocycles. The quantitative estimate of drug-likeness (QED) is 0.353. The van der Waals surface area contributed by atoms with Crippen LogP contribution in [0, 0.1) is 0 Å². The zero-order valence-corrected chi connectivity index (χ0v) is 17.9. The number of fused-ring (bicyclic) bond motifs is 3. The second-order valence-corrected chi connectivity index (χ2v) is 8.34. The van der Waals surface area contributed by atoms with Crippen molar-refractivity contribution < 1.29 is 13.9 Å². The zero-order valence-electron chi connectivity index (χ0n) is 17.1. The van der Waals surface area contributed by atoms with Crippen molar-refractivity contribution in [3.63, 3.8) is 0 Å². The van der Waals surface area contributed by atoms with Crippen LogP contribution in [0.4, 0.5) is 5.69 Å². The van der Waals surface area contributed by atoms with Crippen LogP contribution in [0.5, 0.6) is 0 Å². The molecule has 3 aromatic rings. The van der Waals surface area contributed by atoms with Crippen LogP contribution in [0.3, 0.4) is 0 Å². The van der Waals surface area contributed by atoms with Gasteiger partial charge in [0.25, 0.3) is 0 Å². The standard InChI is InChI=1S/C22H24N4O3S/c1-3-4-5-8-14-30-22-23-20(28)19-16-10-6-7-11-17(16)25(15(2)27)21(26(19)24-22)18-12-9-13-29-18/h6-7,9-13,21H,3-5,8,14H2,1-2H3/p+1. The fraction of sp³-hybridized carbons (Fsp3) is 0.364. The highest BCUT2D eigenvalue weighted by molar-refractivity contribution is 7.99. The van der Waals surface area contributed by atoms with Gasteiger partial charge in [0.05, 0.1) is 17.5 Å². The molecule has 1 N–H and O–H groups in total. The lowest BCUT2D eigenvalue weighted by Crippen LogP contribution is -2.60. The molecule has 2 aromatic heterocycles. The molecular weight excluding hydrogens is 400 g/mol. The first kappa shape index (κ1) is 20.4. The normalized spacial score (nSPS) is 15.0. The van der Waals surface area contributed by atoms with Gasteiger partial charge in [0.2, 0.25) is 11.1 Å². The molecule has 1 aliphatic heterocycles. The minimum atomic E-state index is -0.663. The van der Waals surface area contributed by atoms with Crippen LogP contribution >= 0.6 is 11.8 Å². The summed E-state index contributed by atoms with van der Waals surface area (Å²) >= 11 is 1.53. The molecule has 7 nitrogen and oxygen atoms in total. The maximum atomic E-state index is 13.1. The summed E-state index contributed by atoms with van der Waals surface area (Å²) in [7, 11) is 0. The van der Waals surface area contributed by atoms with Gasteiger partial charge in [-0.3, -0.25) is 14.6 Å². The third-order valence-corrected chi connectivity index (χ3v) is 6.08. The number of H-pyrrole nitrogens is 1. The second-order valence-electron chi connectivity index (χ2n) is 7.26. The summed E-state index contributed by atoms with van der Waals surface area (Å²) in [6, 6.07) is 10.9. The van der Waals surface area contributed by atoms with Crippen LogP contribution in [0.1, 0.15) is 51.5 Å². The Labute approximate surface area is 179 Å². The molecule has 30 heavy (non-hydrogen) atoms. The van der Waals surface area contributed by atoms with Gasteiger partial charge >= 0.3 is 17.4 Å². The number of carbonyl (C=O) groups is 1. The van der Waals surface area contributed by atoms with Crippen molar-refractivity contribution in [2.75, 3.05) is 10.7 Å². The zero-order chi connectivity index (χ0) is 21.1. The van der Waals surface area contributed by atoms with Crippen molar-refractivity contribution in [3.8, 4) is 11.3 Å². The highest BCUT2D eigenvalue weighted by Gasteiger charge is 2.46. The molecule has 1 atom stereocenters. The molecule has 1 unspecified atom stereocenters. The molecule has 0 bridgehead atoms. The summed E-state index contributed by atoms with van der Waals surface area (Å²) in [5.41, 5.74) is 1.52. The number of rotatable bonds is 7. The predicted octanol–water partition coefficient (Wildman–Crippen LogP) is 3.90. The van der Waals surface area contributed by atoms with Gasteiger partial charge in [-0.1, -0.05) is 50.1 Å². The summed E-state index contributed by atoms with van der Waals surface area (Å²) in [6.45, 7) is 3.69. The van der Waals surface area contributed by atoms with Gasteiger partial charge in [-0.05, 0) is 35.4 Å².